The maximum Gasteiger partial charge on any atom is 0.323 e. The van der Waals surface area contributed by atoms with Crippen LogP contribution in [0.2, 0.25) is 0 Å². The van der Waals surface area contributed by atoms with Crippen molar-refractivity contribution in [3.63, 3.8) is 0 Å². The fourth-order valence-electron chi connectivity index (χ4n) is 2.71. The summed E-state index contributed by atoms with van der Waals surface area (Å²) < 4.78 is 0. The second-order valence-corrected chi connectivity index (χ2v) is 7.91. The third kappa shape index (κ3) is 12.6. The van der Waals surface area contributed by atoms with Gasteiger partial charge >= 0.3 is 24.1 Å². The highest BCUT2D eigenvalue weighted by molar-refractivity contribution is 6.09. The maximum absolute atomic E-state index is 11.8. The smallest absolute Gasteiger partial charge is 0.323 e. The van der Waals surface area contributed by atoms with Gasteiger partial charge in [-0.1, -0.05) is 0 Å². The van der Waals surface area contributed by atoms with Crippen LogP contribution in [0.25, 0.3) is 0 Å². The van der Waals surface area contributed by atoms with E-state index in [4.69, 9.17) is 0 Å². The molecule has 10 N–H and O–H groups in total. The van der Waals surface area contributed by atoms with Gasteiger partial charge in [0.15, 0.2) is 0 Å². The number of imide groups is 2. The van der Waals surface area contributed by atoms with Crippen molar-refractivity contribution in [1.29, 1.82) is 0 Å². The molecule has 2 saturated heterocycles. The van der Waals surface area contributed by atoms with Gasteiger partial charge in [0.25, 0.3) is 11.8 Å². The van der Waals surface area contributed by atoms with Crippen molar-refractivity contribution in [2.24, 2.45) is 0 Å². The quantitative estimate of drug-likeness (QED) is 0.0399. The van der Waals surface area contributed by atoms with Gasteiger partial charge in [0, 0.05) is 25.7 Å². The van der Waals surface area contributed by atoms with Gasteiger partial charge in [-0.15, -0.1) is 0 Å². The van der Waals surface area contributed by atoms with Gasteiger partial charge in [0.1, 0.15) is 25.1 Å². The Hall–Kier alpha value is -4.98. The summed E-state index contributed by atoms with van der Waals surface area (Å²) in [7, 11) is 0. The van der Waals surface area contributed by atoms with E-state index in [-0.39, 0.29) is 0 Å². The highest BCUT2D eigenvalue weighted by Crippen LogP contribution is 2.06. The zero-order chi connectivity index (χ0) is 31.3. The van der Waals surface area contributed by atoms with Crippen molar-refractivity contribution in [2.75, 3.05) is 19.9 Å². The van der Waals surface area contributed by atoms with Gasteiger partial charge in [0.2, 0.25) is 11.3 Å². The minimum absolute atomic E-state index is 0.513. The van der Waals surface area contributed by atoms with Crippen LogP contribution >= 0.6 is 0 Å². The average Bonchev–Trinajstić information content (AvgIpc) is 3.37. The lowest BCUT2D eigenvalue weighted by atomic mass is 10.2. The van der Waals surface area contributed by atoms with Crippen molar-refractivity contribution in [1.82, 2.24) is 42.5 Å². The van der Waals surface area contributed by atoms with Crippen molar-refractivity contribution in [3.05, 3.63) is 0 Å². The molecular formula is C21H32N8O12. The SMILES string of the molecule is O=C(NCNC(=O)NC1(CO)NC(=O)NC1=O)NC1(CO)NC(=O)NC1=O.O=CCCCC=O.O=CCCCC=O. The lowest BCUT2D eigenvalue weighted by Crippen LogP contribution is -2.66. The van der Waals surface area contributed by atoms with Gasteiger partial charge in [-0.2, -0.15) is 0 Å². The highest BCUT2D eigenvalue weighted by atomic mass is 16.3. The van der Waals surface area contributed by atoms with Crippen molar-refractivity contribution in [2.45, 2.75) is 49.9 Å². The molecule has 0 bridgehead atoms. The lowest BCUT2D eigenvalue weighted by molar-refractivity contribution is -0.126. The Morgan fingerprint density at radius 2 is 0.951 bits per heavy atom. The van der Waals surface area contributed by atoms with Crippen LogP contribution in [0.1, 0.15) is 38.5 Å². The van der Waals surface area contributed by atoms with Gasteiger partial charge in [0.05, 0.1) is 19.9 Å². The van der Waals surface area contributed by atoms with E-state index in [2.05, 4.69) is 10.6 Å². The first-order chi connectivity index (χ1) is 19.5. The lowest BCUT2D eigenvalue weighted by Gasteiger charge is -2.26. The number of urea groups is 4. The second-order valence-electron chi connectivity index (χ2n) is 7.91. The van der Waals surface area contributed by atoms with Gasteiger partial charge in [-0.3, -0.25) is 20.2 Å². The Balaban J connectivity index is 0.000000941. The largest absolute Gasteiger partial charge is 0.391 e. The van der Waals surface area contributed by atoms with Crippen molar-refractivity contribution < 1.29 is 58.2 Å². The molecule has 2 aliphatic heterocycles. The van der Waals surface area contributed by atoms with Gasteiger partial charge in [-0.25, -0.2) is 19.2 Å². The summed E-state index contributed by atoms with van der Waals surface area (Å²) in [5.74, 6) is -1.97. The van der Waals surface area contributed by atoms with E-state index in [1.54, 1.807) is 0 Å². The van der Waals surface area contributed by atoms with Crippen molar-refractivity contribution >= 4 is 61.1 Å². The molecule has 0 aromatic rings. The number of aliphatic hydroxyl groups excluding tert-OH is 2. The summed E-state index contributed by atoms with van der Waals surface area (Å²) in [5.41, 5.74) is -4.12. The number of aliphatic hydroxyl groups is 2. The molecule has 0 aromatic carbocycles. The number of carbonyl (C=O) groups excluding carboxylic acids is 10. The molecule has 41 heavy (non-hydrogen) atoms. The summed E-state index contributed by atoms with van der Waals surface area (Å²) in [6.45, 7) is -2.38. The van der Waals surface area contributed by atoms with Crippen LogP contribution in [0.5, 0.6) is 0 Å². The summed E-state index contributed by atoms with van der Waals surface area (Å²) in [5, 5.41) is 34.4. The first-order valence-corrected chi connectivity index (χ1v) is 11.8. The molecule has 228 valence electrons. The fourth-order valence-corrected chi connectivity index (χ4v) is 2.71. The maximum atomic E-state index is 11.8. The molecular weight excluding hydrogens is 556 g/mol. The van der Waals surface area contributed by atoms with Gasteiger partial charge < -0.3 is 61.3 Å². The predicted octanol–water partition coefficient (Wildman–Crippen LogP) is -4.29. The van der Waals surface area contributed by atoms with Crippen LogP contribution in [0.15, 0.2) is 0 Å². The van der Waals surface area contributed by atoms with Gasteiger partial charge in [-0.05, 0) is 12.8 Å². The number of amides is 10. The molecule has 0 radical (unpaired) electrons. The van der Waals surface area contributed by atoms with E-state index in [1.165, 1.54) is 0 Å². The van der Waals surface area contributed by atoms with Crippen LogP contribution in [-0.2, 0) is 28.8 Å². The standard InChI is InChI=1S/C11H16N8O8.2C5H8O2/c20-1-10(4(22)14-8(26)18-10)16-6(24)12-3-13-7(25)17-11(2-21)5(23)15-9(27)19-11;2*6-4-2-1-3-5-7/h20-21H,1-3H2,(H2,12,16,24)(H2,13,17,25)(H2,14,18,22,26)(H2,15,19,23,27);2*4-5H,1-3H2. The topological polar surface area (TPSA) is 307 Å². The van der Waals surface area contributed by atoms with Crippen LogP contribution in [-0.4, -0.2) is 103 Å². The number of hydrogen-bond acceptors (Lipinski definition) is 12. The molecule has 2 rings (SSSR count). The molecule has 0 spiro atoms. The molecule has 0 saturated carbocycles. The van der Waals surface area contributed by atoms with E-state index in [9.17, 15) is 58.2 Å². The Bertz CT molecular complexity index is 901. The summed E-state index contributed by atoms with van der Waals surface area (Å²) >= 11 is 0. The van der Waals surface area contributed by atoms with E-state index in [1.807, 2.05) is 31.9 Å². The fraction of sp³-hybridized carbons (Fsp3) is 0.524. The van der Waals surface area contributed by atoms with Crippen LogP contribution in [0, 0.1) is 0 Å². The number of nitrogens with one attached hydrogen (secondary N) is 8. The molecule has 0 aromatic heterocycles. The number of carbonyl (C=O) groups is 10. The number of aldehydes is 4. The first kappa shape index (κ1) is 36.0. The third-order valence-corrected chi connectivity index (χ3v) is 4.80. The van der Waals surface area contributed by atoms with Crippen molar-refractivity contribution in [3.8, 4) is 0 Å². The average molecular weight is 589 g/mol. The number of rotatable bonds is 14. The van der Waals surface area contributed by atoms with Crippen LogP contribution in [0.4, 0.5) is 19.2 Å². The number of hydrogen-bond donors (Lipinski definition) is 10. The first-order valence-electron chi connectivity index (χ1n) is 11.8. The molecule has 10 amide bonds. The Kier molecular flexibility index (Phi) is 16.8. The Morgan fingerprint density at radius 3 is 1.17 bits per heavy atom. The molecule has 20 nitrogen and oxygen atoms in total. The summed E-state index contributed by atoms with van der Waals surface area (Å²) in [6, 6.07) is -3.91. The molecule has 2 heterocycles. The van der Waals surface area contributed by atoms with E-state index in [0.717, 1.165) is 25.1 Å². The Labute approximate surface area is 232 Å². The highest BCUT2D eigenvalue weighted by Gasteiger charge is 2.48. The second kappa shape index (κ2) is 19.1. The zero-order valence-corrected chi connectivity index (χ0v) is 21.7. The Morgan fingerprint density at radius 1 is 0.634 bits per heavy atom. The molecule has 2 fully saturated rings. The molecule has 2 atom stereocenters. The minimum Gasteiger partial charge on any atom is -0.391 e. The normalized spacial score (nSPS) is 20.1. The summed E-state index contributed by atoms with van der Waals surface area (Å²) in [6.07, 6.45) is 6.74. The monoisotopic (exact) mass is 588 g/mol. The van der Waals surface area contributed by atoms with Crippen LogP contribution in [0.3, 0.4) is 0 Å². The van der Waals surface area contributed by atoms with E-state index in [0.29, 0.717) is 38.5 Å². The third-order valence-electron chi connectivity index (χ3n) is 4.80. The predicted molar refractivity (Wildman–Crippen MR) is 133 cm³/mol. The van der Waals surface area contributed by atoms with Crippen LogP contribution < -0.4 is 42.5 Å². The molecule has 2 unspecified atom stereocenters. The minimum atomic E-state index is -2.06. The summed E-state index contributed by atoms with van der Waals surface area (Å²) in [4.78, 5) is 107. The zero-order valence-electron chi connectivity index (χ0n) is 21.7. The molecule has 0 aliphatic carbocycles. The number of unbranched alkanes of at least 4 members (excludes halogenated alkanes) is 4. The van der Waals surface area contributed by atoms with E-state index >= 15 is 0 Å². The molecule has 2 aliphatic rings. The van der Waals surface area contributed by atoms with E-state index < -0.39 is 67.1 Å². The molecule has 20 heteroatoms.